The number of amides is 1. The smallest absolute Gasteiger partial charge is 0.258 e. The maximum atomic E-state index is 11.4. The SMILES string of the molecule is C#CCNC(=O)COc1cc(CNC)ccc1OC. The Bertz CT molecular complexity index is 466. The Morgan fingerprint density at radius 1 is 1.42 bits per heavy atom. The van der Waals surface area contributed by atoms with Crippen LogP contribution in [0.2, 0.25) is 0 Å². The van der Waals surface area contributed by atoms with E-state index in [2.05, 4.69) is 16.6 Å². The van der Waals surface area contributed by atoms with Gasteiger partial charge in [-0.15, -0.1) is 6.42 Å². The second kappa shape index (κ2) is 8.01. The van der Waals surface area contributed by atoms with Crippen LogP contribution < -0.4 is 20.1 Å². The molecule has 1 amide bonds. The summed E-state index contributed by atoms with van der Waals surface area (Å²) in [4.78, 5) is 11.4. The molecule has 1 aromatic carbocycles. The maximum absolute atomic E-state index is 11.4. The van der Waals surface area contributed by atoms with Crippen molar-refractivity contribution in [2.75, 3.05) is 27.3 Å². The van der Waals surface area contributed by atoms with Gasteiger partial charge in [0.05, 0.1) is 13.7 Å². The average molecular weight is 262 g/mol. The van der Waals surface area contributed by atoms with Crippen molar-refractivity contribution < 1.29 is 14.3 Å². The molecular formula is C14H18N2O3. The van der Waals surface area contributed by atoms with Crippen LogP contribution >= 0.6 is 0 Å². The molecule has 0 heterocycles. The lowest BCUT2D eigenvalue weighted by molar-refractivity contribution is -0.122. The second-order valence-electron chi connectivity index (χ2n) is 3.79. The number of terminal acetylenes is 1. The van der Waals surface area contributed by atoms with E-state index in [4.69, 9.17) is 15.9 Å². The Kier molecular flexibility index (Phi) is 6.27. The molecule has 0 saturated carbocycles. The van der Waals surface area contributed by atoms with E-state index in [-0.39, 0.29) is 19.1 Å². The molecule has 0 aliphatic heterocycles. The number of carbonyl (C=O) groups is 1. The average Bonchev–Trinajstić information content (AvgIpc) is 2.43. The van der Waals surface area contributed by atoms with Crippen LogP contribution in [0.15, 0.2) is 18.2 Å². The summed E-state index contributed by atoms with van der Waals surface area (Å²) in [7, 11) is 3.41. The van der Waals surface area contributed by atoms with Gasteiger partial charge in [-0.25, -0.2) is 0 Å². The number of hydrogen-bond acceptors (Lipinski definition) is 4. The topological polar surface area (TPSA) is 59.6 Å². The van der Waals surface area contributed by atoms with Gasteiger partial charge in [-0.05, 0) is 24.7 Å². The molecule has 0 unspecified atom stereocenters. The Balaban J connectivity index is 2.67. The van der Waals surface area contributed by atoms with Crippen molar-refractivity contribution in [3.8, 4) is 23.8 Å². The third kappa shape index (κ3) is 4.90. The number of carbonyl (C=O) groups excluding carboxylic acids is 1. The van der Waals surface area contributed by atoms with Crippen LogP contribution in [0.5, 0.6) is 11.5 Å². The zero-order chi connectivity index (χ0) is 14.1. The largest absolute Gasteiger partial charge is 0.493 e. The molecule has 0 aromatic heterocycles. The lowest BCUT2D eigenvalue weighted by atomic mass is 10.2. The number of nitrogens with one attached hydrogen (secondary N) is 2. The monoisotopic (exact) mass is 262 g/mol. The van der Waals surface area contributed by atoms with Gasteiger partial charge in [0.15, 0.2) is 18.1 Å². The van der Waals surface area contributed by atoms with E-state index < -0.39 is 0 Å². The molecule has 0 aliphatic carbocycles. The third-order valence-corrected chi connectivity index (χ3v) is 2.36. The van der Waals surface area contributed by atoms with Crippen LogP contribution in [0, 0.1) is 12.3 Å². The van der Waals surface area contributed by atoms with E-state index in [9.17, 15) is 4.79 Å². The first-order valence-corrected chi connectivity index (χ1v) is 5.85. The molecule has 102 valence electrons. The Morgan fingerprint density at radius 3 is 2.84 bits per heavy atom. The van der Waals surface area contributed by atoms with Gasteiger partial charge in [0, 0.05) is 6.54 Å². The van der Waals surface area contributed by atoms with Gasteiger partial charge < -0.3 is 20.1 Å². The van der Waals surface area contributed by atoms with Crippen molar-refractivity contribution in [2.45, 2.75) is 6.54 Å². The van der Waals surface area contributed by atoms with Crippen LogP contribution in [0.4, 0.5) is 0 Å². The molecule has 2 N–H and O–H groups in total. The highest BCUT2D eigenvalue weighted by atomic mass is 16.5. The standard InChI is InChI=1S/C14H18N2O3/c1-4-7-16-14(17)10-19-13-8-11(9-15-2)5-6-12(13)18-3/h1,5-6,8,15H,7,9-10H2,2-3H3,(H,16,17). The number of rotatable bonds is 7. The minimum Gasteiger partial charge on any atom is -0.493 e. The van der Waals surface area contributed by atoms with E-state index in [0.717, 1.165) is 5.56 Å². The van der Waals surface area contributed by atoms with E-state index in [1.807, 2.05) is 19.2 Å². The highest BCUT2D eigenvalue weighted by Gasteiger charge is 2.08. The normalized spacial score (nSPS) is 9.53. The van der Waals surface area contributed by atoms with Gasteiger partial charge in [0.1, 0.15) is 0 Å². The van der Waals surface area contributed by atoms with Gasteiger partial charge in [0.2, 0.25) is 0 Å². The molecule has 0 aliphatic rings. The second-order valence-corrected chi connectivity index (χ2v) is 3.79. The fourth-order valence-corrected chi connectivity index (χ4v) is 1.49. The van der Waals surface area contributed by atoms with Crippen molar-refractivity contribution in [1.29, 1.82) is 0 Å². The van der Waals surface area contributed by atoms with Crippen molar-refractivity contribution in [1.82, 2.24) is 10.6 Å². The van der Waals surface area contributed by atoms with Gasteiger partial charge in [-0.2, -0.15) is 0 Å². The number of methoxy groups -OCH3 is 1. The lowest BCUT2D eigenvalue weighted by Crippen LogP contribution is -2.29. The lowest BCUT2D eigenvalue weighted by Gasteiger charge is -2.12. The molecule has 0 saturated heterocycles. The first-order chi connectivity index (χ1) is 9.21. The number of benzene rings is 1. The molecule has 19 heavy (non-hydrogen) atoms. The molecule has 0 bridgehead atoms. The Morgan fingerprint density at radius 2 is 2.21 bits per heavy atom. The summed E-state index contributed by atoms with van der Waals surface area (Å²) in [6.07, 6.45) is 5.05. The van der Waals surface area contributed by atoms with Crippen LogP contribution in [0.25, 0.3) is 0 Å². The van der Waals surface area contributed by atoms with Crippen molar-refractivity contribution in [3.63, 3.8) is 0 Å². The van der Waals surface area contributed by atoms with Gasteiger partial charge in [-0.3, -0.25) is 4.79 Å². The predicted molar refractivity (Wildman–Crippen MR) is 73.1 cm³/mol. The van der Waals surface area contributed by atoms with E-state index in [1.165, 1.54) is 0 Å². The highest BCUT2D eigenvalue weighted by molar-refractivity contribution is 5.77. The number of ether oxygens (including phenoxy) is 2. The summed E-state index contributed by atoms with van der Waals surface area (Å²) in [5.74, 6) is 3.18. The summed E-state index contributed by atoms with van der Waals surface area (Å²) >= 11 is 0. The zero-order valence-electron chi connectivity index (χ0n) is 11.2. The van der Waals surface area contributed by atoms with E-state index in [1.54, 1.807) is 13.2 Å². The summed E-state index contributed by atoms with van der Waals surface area (Å²) in [5, 5.41) is 5.57. The summed E-state index contributed by atoms with van der Waals surface area (Å²) in [5.41, 5.74) is 1.04. The zero-order valence-corrected chi connectivity index (χ0v) is 11.2. The van der Waals surface area contributed by atoms with Crippen LogP contribution in [-0.4, -0.2) is 33.2 Å². The maximum Gasteiger partial charge on any atom is 0.258 e. The first-order valence-electron chi connectivity index (χ1n) is 5.85. The van der Waals surface area contributed by atoms with Crippen molar-refractivity contribution in [2.24, 2.45) is 0 Å². The molecule has 0 atom stereocenters. The predicted octanol–water partition coefficient (Wildman–Crippen LogP) is 0.543. The van der Waals surface area contributed by atoms with Gasteiger partial charge >= 0.3 is 0 Å². The molecular weight excluding hydrogens is 244 g/mol. The Labute approximate surface area is 113 Å². The third-order valence-electron chi connectivity index (χ3n) is 2.36. The van der Waals surface area contributed by atoms with E-state index >= 15 is 0 Å². The molecule has 5 nitrogen and oxygen atoms in total. The minimum atomic E-state index is -0.265. The quantitative estimate of drug-likeness (QED) is 0.704. The highest BCUT2D eigenvalue weighted by Crippen LogP contribution is 2.27. The molecule has 0 radical (unpaired) electrons. The fraction of sp³-hybridized carbons (Fsp3) is 0.357. The Hall–Kier alpha value is -2.19. The number of hydrogen-bond donors (Lipinski definition) is 2. The molecule has 1 rings (SSSR count). The summed E-state index contributed by atoms with van der Waals surface area (Å²) < 4.78 is 10.6. The van der Waals surface area contributed by atoms with Gasteiger partial charge in [-0.1, -0.05) is 12.0 Å². The first kappa shape index (κ1) is 14.9. The molecule has 1 aromatic rings. The molecule has 0 spiro atoms. The fourth-order valence-electron chi connectivity index (χ4n) is 1.49. The minimum absolute atomic E-state index is 0.0962. The van der Waals surface area contributed by atoms with E-state index in [0.29, 0.717) is 18.0 Å². The summed E-state index contributed by atoms with van der Waals surface area (Å²) in [6, 6.07) is 5.58. The molecule has 5 heteroatoms. The van der Waals surface area contributed by atoms with Crippen LogP contribution in [-0.2, 0) is 11.3 Å². The van der Waals surface area contributed by atoms with Crippen molar-refractivity contribution >= 4 is 5.91 Å². The van der Waals surface area contributed by atoms with Crippen LogP contribution in [0.1, 0.15) is 5.56 Å². The summed E-state index contributed by atoms with van der Waals surface area (Å²) in [6.45, 7) is 0.809. The van der Waals surface area contributed by atoms with Crippen LogP contribution in [0.3, 0.4) is 0 Å². The van der Waals surface area contributed by atoms with Gasteiger partial charge in [0.25, 0.3) is 5.91 Å². The van der Waals surface area contributed by atoms with Crippen molar-refractivity contribution in [3.05, 3.63) is 23.8 Å². The molecule has 0 fully saturated rings.